The molecule has 0 aliphatic carbocycles. The molecule has 0 aliphatic heterocycles. The first-order chi connectivity index (χ1) is 7.00. The van der Waals surface area contributed by atoms with E-state index in [0.29, 0.717) is 4.34 Å². The Kier molecular flexibility index (Phi) is 4.32. The Morgan fingerprint density at radius 2 is 2.27 bits per heavy atom. The van der Waals surface area contributed by atoms with Gasteiger partial charge in [0.05, 0.1) is 10.4 Å². The van der Waals surface area contributed by atoms with Gasteiger partial charge in [-0.2, -0.15) is 0 Å². The normalized spacial score (nSPS) is 13.6. The molecule has 1 aromatic rings. The monoisotopic (exact) mass is 245 g/mol. The van der Waals surface area contributed by atoms with E-state index < -0.39 is 5.97 Å². The molecule has 0 saturated carbocycles. The van der Waals surface area contributed by atoms with Crippen LogP contribution in [-0.2, 0) is 4.79 Å². The Balaban J connectivity index is 2.88. The Labute approximate surface area is 97.6 Å². The standard InChI is InChI=1S/C10H12ClNO2S/c1-12(2)7(3-6-10(13)14)8-4-5-9(11)15-8/h3-7H,1-2H3,(H,13,14)/b6-3+. The maximum atomic E-state index is 10.4. The lowest BCUT2D eigenvalue weighted by molar-refractivity contribution is -0.131. The van der Waals surface area contributed by atoms with Crippen LogP contribution in [-0.4, -0.2) is 30.1 Å². The average molecular weight is 246 g/mol. The largest absolute Gasteiger partial charge is 0.478 e. The molecule has 0 spiro atoms. The molecular formula is C10H12ClNO2S. The van der Waals surface area contributed by atoms with Gasteiger partial charge >= 0.3 is 5.97 Å². The summed E-state index contributed by atoms with van der Waals surface area (Å²) in [6, 6.07) is 3.68. The zero-order valence-corrected chi connectivity index (χ0v) is 10.0. The topological polar surface area (TPSA) is 40.5 Å². The van der Waals surface area contributed by atoms with Gasteiger partial charge in [-0.25, -0.2) is 4.79 Å². The van der Waals surface area contributed by atoms with E-state index in [1.807, 2.05) is 31.1 Å². The lowest BCUT2D eigenvalue weighted by Gasteiger charge is -2.19. The molecule has 0 aromatic carbocycles. The Bertz CT molecular complexity index is 373. The van der Waals surface area contributed by atoms with E-state index in [4.69, 9.17) is 16.7 Å². The number of nitrogens with zero attached hydrogens (tertiary/aromatic N) is 1. The van der Waals surface area contributed by atoms with Crippen LogP contribution >= 0.6 is 22.9 Å². The van der Waals surface area contributed by atoms with Crippen LogP contribution in [0.2, 0.25) is 4.34 Å². The van der Waals surface area contributed by atoms with Crippen LogP contribution in [0.1, 0.15) is 10.9 Å². The number of carboxylic acid groups (broad SMARTS) is 1. The van der Waals surface area contributed by atoms with Crippen molar-refractivity contribution in [2.75, 3.05) is 14.1 Å². The first-order valence-corrected chi connectivity index (χ1v) is 5.53. The molecule has 0 fully saturated rings. The first-order valence-electron chi connectivity index (χ1n) is 4.33. The Morgan fingerprint density at radius 1 is 1.60 bits per heavy atom. The minimum Gasteiger partial charge on any atom is -0.478 e. The van der Waals surface area contributed by atoms with Gasteiger partial charge in [0.25, 0.3) is 0 Å². The highest BCUT2D eigenvalue weighted by molar-refractivity contribution is 7.16. The zero-order chi connectivity index (χ0) is 11.4. The van der Waals surface area contributed by atoms with Crippen molar-refractivity contribution in [2.24, 2.45) is 0 Å². The highest BCUT2D eigenvalue weighted by atomic mass is 35.5. The Hall–Kier alpha value is -0.840. The van der Waals surface area contributed by atoms with Crippen LogP contribution in [0.3, 0.4) is 0 Å². The number of rotatable bonds is 4. The van der Waals surface area contributed by atoms with Gasteiger partial charge < -0.3 is 5.11 Å². The maximum Gasteiger partial charge on any atom is 0.328 e. The molecule has 0 radical (unpaired) electrons. The van der Waals surface area contributed by atoms with E-state index in [1.54, 1.807) is 6.08 Å². The quantitative estimate of drug-likeness (QED) is 0.829. The highest BCUT2D eigenvalue weighted by Gasteiger charge is 2.13. The van der Waals surface area contributed by atoms with Gasteiger partial charge in [-0.1, -0.05) is 17.7 Å². The molecule has 1 atom stereocenters. The Morgan fingerprint density at radius 3 is 2.67 bits per heavy atom. The van der Waals surface area contributed by atoms with E-state index in [0.717, 1.165) is 11.0 Å². The molecule has 0 saturated heterocycles. The van der Waals surface area contributed by atoms with Crippen molar-refractivity contribution >= 4 is 28.9 Å². The molecule has 1 N–H and O–H groups in total. The van der Waals surface area contributed by atoms with Crippen molar-refractivity contribution in [3.8, 4) is 0 Å². The number of likely N-dealkylation sites (N-methyl/N-ethyl adjacent to an activating group) is 1. The van der Waals surface area contributed by atoms with Crippen molar-refractivity contribution in [1.29, 1.82) is 0 Å². The molecule has 0 amide bonds. The van der Waals surface area contributed by atoms with Crippen LogP contribution in [0.4, 0.5) is 0 Å². The summed E-state index contributed by atoms with van der Waals surface area (Å²) in [7, 11) is 3.79. The summed E-state index contributed by atoms with van der Waals surface area (Å²) in [5.41, 5.74) is 0. The van der Waals surface area contributed by atoms with E-state index in [2.05, 4.69) is 0 Å². The molecule has 0 bridgehead atoms. The number of carboxylic acids is 1. The summed E-state index contributed by atoms with van der Waals surface area (Å²) in [6.07, 6.45) is 2.79. The highest BCUT2D eigenvalue weighted by Crippen LogP contribution is 2.30. The van der Waals surface area contributed by atoms with Gasteiger partial charge in [-0.05, 0) is 26.2 Å². The molecule has 1 unspecified atom stereocenters. The second-order valence-corrected chi connectivity index (χ2v) is 4.99. The molecular weight excluding hydrogens is 234 g/mol. The van der Waals surface area contributed by atoms with Gasteiger partial charge in [0.15, 0.2) is 0 Å². The first kappa shape index (κ1) is 12.2. The molecule has 15 heavy (non-hydrogen) atoms. The van der Waals surface area contributed by atoms with Gasteiger partial charge in [-0.3, -0.25) is 4.90 Å². The van der Waals surface area contributed by atoms with Gasteiger partial charge in [-0.15, -0.1) is 11.3 Å². The van der Waals surface area contributed by atoms with Gasteiger partial charge in [0, 0.05) is 11.0 Å². The van der Waals surface area contributed by atoms with Gasteiger partial charge in [0.2, 0.25) is 0 Å². The maximum absolute atomic E-state index is 10.4. The average Bonchev–Trinajstić information content (AvgIpc) is 2.51. The summed E-state index contributed by atoms with van der Waals surface area (Å²) < 4.78 is 0.709. The fraction of sp³-hybridized carbons (Fsp3) is 0.300. The number of carbonyl (C=O) groups is 1. The van der Waals surface area contributed by atoms with E-state index in [9.17, 15) is 4.79 Å². The second-order valence-electron chi connectivity index (χ2n) is 3.25. The number of hydrogen-bond donors (Lipinski definition) is 1. The smallest absolute Gasteiger partial charge is 0.328 e. The van der Waals surface area contributed by atoms with Crippen molar-refractivity contribution in [2.45, 2.75) is 6.04 Å². The summed E-state index contributed by atoms with van der Waals surface area (Å²) >= 11 is 7.29. The van der Waals surface area contributed by atoms with Crippen molar-refractivity contribution in [3.63, 3.8) is 0 Å². The third kappa shape index (κ3) is 3.66. The summed E-state index contributed by atoms with van der Waals surface area (Å²) in [6.45, 7) is 0. The van der Waals surface area contributed by atoms with Crippen molar-refractivity contribution in [1.82, 2.24) is 4.90 Å². The molecule has 0 aliphatic rings. The lowest BCUT2D eigenvalue weighted by atomic mass is 10.2. The second kappa shape index (κ2) is 5.30. The fourth-order valence-corrected chi connectivity index (χ4v) is 2.42. The molecule has 1 aromatic heterocycles. The predicted octanol–water partition coefficient (Wildman–Crippen LogP) is 2.65. The molecule has 1 rings (SSSR count). The fourth-order valence-electron chi connectivity index (χ4n) is 1.18. The summed E-state index contributed by atoms with van der Waals surface area (Å²) in [4.78, 5) is 13.4. The molecule has 3 nitrogen and oxygen atoms in total. The van der Waals surface area contributed by atoms with Gasteiger partial charge in [0.1, 0.15) is 0 Å². The lowest BCUT2D eigenvalue weighted by Crippen LogP contribution is -2.17. The SMILES string of the molecule is CN(C)C(/C=C/C(=O)O)c1ccc(Cl)s1. The van der Waals surface area contributed by atoms with Crippen molar-refractivity contribution in [3.05, 3.63) is 33.5 Å². The summed E-state index contributed by atoms with van der Waals surface area (Å²) in [5, 5.41) is 8.57. The number of aliphatic carboxylic acids is 1. The number of hydrogen-bond acceptors (Lipinski definition) is 3. The van der Waals surface area contributed by atoms with E-state index in [1.165, 1.54) is 11.3 Å². The minimum atomic E-state index is -0.940. The zero-order valence-electron chi connectivity index (χ0n) is 8.48. The molecule has 1 heterocycles. The number of thiophene rings is 1. The van der Waals surface area contributed by atoms with Crippen LogP contribution in [0.5, 0.6) is 0 Å². The predicted molar refractivity (Wildman–Crippen MR) is 62.5 cm³/mol. The third-order valence-electron chi connectivity index (χ3n) is 1.86. The van der Waals surface area contributed by atoms with Crippen LogP contribution < -0.4 is 0 Å². The molecule has 5 heteroatoms. The van der Waals surface area contributed by atoms with Crippen LogP contribution in [0, 0.1) is 0 Å². The summed E-state index contributed by atoms with van der Waals surface area (Å²) in [5.74, 6) is -0.940. The number of halogens is 1. The van der Waals surface area contributed by atoms with E-state index in [-0.39, 0.29) is 6.04 Å². The minimum absolute atomic E-state index is 0.0430. The van der Waals surface area contributed by atoms with Crippen molar-refractivity contribution < 1.29 is 9.90 Å². The third-order valence-corrected chi connectivity index (χ3v) is 3.16. The molecule has 82 valence electrons. The van der Waals surface area contributed by atoms with E-state index >= 15 is 0 Å². The van der Waals surface area contributed by atoms with Crippen LogP contribution in [0.15, 0.2) is 24.3 Å². The van der Waals surface area contributed by atoms with Crippen LogP contribution in [0.25, 0.3) is 0 Å².